The third-order valence-electron chi connectivity index (χ3n) is 4.91. The second-order valence-electron chi connectivity index (χ2n) is 7.83. The minimum Gasteiger partial charge on any atom is -0.382 e. The van der Waals surface area contributed by atoms with Crippen molar-refractivity contribution in [1.82, 2.24) is 0 Å². The van der Waals surface area contributed by atoms with Crippen molar-refractivity contribution in [2.45, 2.75) is 31.6 Å². The molecule has 2 aromatic carbocycles. The standard InChI is InChI=1S/C23H22F6O6S2/c1-5-7-15-13-17(9-11-19(15)34-36(3,30)31)21(22(24,25)26,23(27,28)29)18-10-12-20(35-37(4,32)33)16(14-18)8-6-2/h5-14H,1-4H3. The van der Waals surface area contributed by atoms with Crippen molar-refractivity contribution >= 4 is 32.4 Å². The van der Waals surface area contributed by atoms with Gasteiger partial charge in [0.15, 0.2) is 0 Å². The third-order valence-corrected chi connectivity index (χ3v) is 5.88. The highest BCUT2D eigenvalue weighted by atomic mass is 32.2. The molecular weight excluding hydrogens is 550 g/mol. The van der Waals surface area contributed by atoms with Gasteiger partial charge in [0.2, 0.25) is 5.41 Å². The molecule has 0 amide bonds. The summed E-state index contributed by atoms with van der Waals surface area (Å²) in [6.07, 6.45) is -5.84. The molecule has 14 heteroatoms. The van der Waals surface area contributed by atoms with E-state index in [-0.39, 0.29) is 11.1 Å². The minimum absolute atomic E-state index is 0.353. The lowest BCUT2D eigenvalue weighted by atomic mass is 9.72. The lowest BCUT2D eigenvalue weighted by molar-refractivity contribution is -0.288. The van der Waals surface area contributed by atoms with Crippen LogP contribution in [0.1, 0.15) is 36.1 Å². The van der Waals surface area contributed by atoms with Crippen LogP contribution in [-0.4, -0.2) is 41.7 Å². The van der Waals surface area contributed by atoms with Crippen LogP contribution in [0, 0.1) is 0 Å². The van der Waals surface area contributed by atoms with Gasteiger partial charge in [-0.05, 0) is 49.2 Å². The predicted octanol–water partition coefficient (Wildman–Crippen LogP) is 5.84. The third kappa shape index (κ3) is 6.66. The second kappa shape index (κ2) is 10.4. The molecule has 0 atom stereocenters. The van der Waals surface area contributed by atoms with Gasteiger partial charge in [-0.25, -0.2) is 0 Å². The highest BCUT2D eigenvalue weighted by Crippen LogP contribution is 2.57. The lowest BCUT2D eigenvalue weighted by Crippen LogP contribution is -2.54. The first-order valence-corrected chi connectivity index (χ1v) is 13.9. The van der Waals surface area contributed by atoms with Crippen LogP contribution in [0.5, 0.6) is 11.5 Å². The summed E-state index contributed by atoms with van der Waals surface area (Å²) in [5, 5.41) is 0. The molecule has 0 spiro atoms. The van der Waals surface area contributed by atoms with E-state index in [4.69, 9.17) is 8.37 Å². The Morgan fingerprint density at radius 2 is 0.973 bits per heavy atom. The van der Waals surface area contributed by atoms with Crippen molar-refractivity contribution in [3.05, 3.63) is 70.8 Å². The Morgan fingerprint density at radius 3 is 1.22 bits per heavy atom. The molecule has 0 bridgehead atoms. The average Bonchev–Trinajstić information content (AvgIpc) is 2.68. The van der Waals surface area contributed by atoms with Crippen LogP contribution in [0.3, 0.4) is 0 Å². The molecule has 2 aromatic rings. The molecule has 0 fully saturated rings. The summed E-state index contributed by atoms with van der Waals surface area (Å²) < 4.78 is 143. The van der Waals surface area contributed by atoms with E-state index in [0.29, 0.717) is 48.9 Å². The van der Waals surface area contributed by atoms with Crippen molar-refractivity contribution in [2.75, 3.05) is 12.5 Å². The number of hydrogen-bond acceptors (Lipinski definition) is 6. The van der Waals surface area contributed by atoms with Crippen molar-refractivity contribution < 1.29 is 51.5 Å². The molecule has 37 heavy (non-hydrogen) atoms. The predicted molar refractivity (Wildman–Crippen MR) is 126 cm³/mol. The van der Waals surface area contributed by atoms with Gasteiger partial charge < -0.3 is 8.37 Å². The fraction of sp³-hybridized carbons (Fsp3) is 0.304. The Kier molecular flexibility index (Phi) is 8.50. The second-order valence-corrected chi connectivity index (χ2v) is 11.0. The van der Waals surface area contributed by atoms with Gasteiger partial charge in [0.25, 0.3) is 0 Å². The average molecular weight is 573 g/mol. The number of benzene rings is 2. The number of hydrogen-bond donors (Lipinski definition) is 0. The van der Waals surface area contributed by atoms with Gasteiger partial charge in [0.05, 0.1) is 12.5 Å². The summed E-state index contributed by atoms with van der Waals surface area (Å²) in [6.45, 7) is 2.84. The van der Waals surface area contributed by atoms with Gasteiger partial charge in [0.1, 0.15) is 11.5 Å². The summed E-state index contributed by atoms with van der Waals surface area (Å²) in [4.78, 5) is 0. The molecule has 2 rings (SSSR count). The Hall–Kier alpha value is -3.00. The maximum Gasteiger partial charge on any atom is 0.411 e. The van der Waals surface area contributed by atoms with Gasteiger partial charge in [-0.2, -0.15) is 43.2 Å². The SMILES string of the molecule is CC=Cc1cc(C(c2ccc(OS(C)(=O)=O)c(C=CC)c2)(C(F)(F)F)C(F)(F)F)ccc1OS(C)(=O)=O. The summed E-state index contributed by atoms with van der Waals surface area (Å²) >= 11 is 0. The Bertz CT molecular complexity index is 1310. The van der Waals surface area contributed by atoms with Gasteiger partial charge >= 0.3 is 32.6 Å². The van der Waals surface area contributed by atoms with Crippen molar-refractivity contribution in [3.8, 4) is 11.5 Å². The zero-order chi connectivity index (χ0) is 28.4. The first kappa shape index (κ1) is 30.2. The monoisotopic (exact) mass is 572 g/mol. The molecule has 0 radical (unpaired) electrons. The van der Waals surface area contributed by atoms with E-state index >= 15 is 0 Å². The molecule has 6 nitrogen and oxygen atoms in total. The van der Waals surface area contributed by atoms with Crippen molar-refractivity contribution in [2.24, 2.45) is 0 Å². The van der Waals surface area contributed by atoms with Gasteiger partial charge in [0, 0.05) is 11.1 Å². The van der Waals surface area contributed by atoms with E-state index in [0.717, 1.165) is 12.2 Å². The fourth-order valence-electron chi connectivity index (χ4n) is 3.64. The van der Waals surface area contributed by atoms with Crippen molar-refractivity contribution in [1.29, 1.82) is 0 Å². The Labute approximate surface area is 210 Å². The molecule has 0 N–H and O–H groups in total. The zero-order valence-electron chi connectivity index (χ0n) is 19.8. The first-order valence-electron chi connectivity index (χ1n) is 10.2. The van der Waals surface area contributed by atoms with E-state index in [2.05, 4.69) is 0 Å². The fourth-order valence-corrected chi connectivity index (χ4v) is 4.60. The molecule has 0 aliphatic heterocycles. The van der Waals surface area contributed by atoms with Crippen LogP contribution in [-0.2, 0) is 25.7 Å². The summed E-state index contributed by atoms with van der Waals surface area (Å²) in [5.41, 5.74) is -7.85. The van der Waals surface area contributed by atoms with E-state index in [9.17, 15) is 43.2 Å². The molecule has 0 aliphatic carbocycles. The Balaban J connectivity index is 3.02. The quantitative estimate of drug-likeness (QED) is 0.292. The largest absolute Gasteiger partial charge is 0.411 e. The van der Waals surface area contributed by atoms with E-state index in [1.54, 1.807) is 0 Å². The summed E-state index contributed by atoms with van der Waals surface area (Å²) in [6, 6.07) is 3.43. The number of allylic oxidation sites excluding steroid dienone is 2. The minimum atomic E-state index is -5.95. The first-order chi connectivity index (χ1) is 16.8. The smallest absolute Gasteiger partial charge is 0.382 e. The van der Waals surface area contributed by atoms with Gasteiger partial charge in [-0.3, -0.25) is 0 Å². The van der Waals surface area contributed by atoms with Gasteiger partial charge in [-0.15, -0.1) is 0 Å². The number of halogens is 6. The Morgan fingerprint density at radius 1 is 0.649 bits per heavy atom. The molecular formula is C23H22F6O6S2. The van der Waals surface area contributed by atoms with E-state index < -0.39 is 60.6 Å². The van der Waals surface area contributed by atoms with Crippen LogP contribution >= 0.6 is 0 Å². The molecule has 0 aromatic heterocycles. The van der Waals surface area contributed by atoms with Crippen LogP contribution < -0.4 is 8.37 Å². The van der Waals surface area contributed by atoms with Crippen LogP contribution in [0.25, 0.3) is 12.2 Å². The topological polar surface area (TPSA) is 86.7 Å². The summed E-state index contributed by atoms with van der Waals surface area (Å²) in [7, 11) is -8.31. The summed E-state index contributed by atoms with van der Waals surface area (Å²) in [5.74, 6) is -0.955. The highest BCUT2D eigenvalue weighted by molar-refractivity contribution is 7.86. The molecule has 0 unspecified atom stereocenters. The van der Waals surface area contributed by atoms with Crippen molar-refractivity contribution in [3.63, 3.8) is 0 Å². The maximum atomic E-state index is 14.6. The molecule has 204 valence electrons. The van der Waals surface area contributed by atoms with Crippen LogP contribution in [0.4, 0.5) is 26.3 Å². The lowest BCUT2D eigenvalue weighted by Gasteiger charge is -2.38. The normalized spacial score (nSPS) is 13.9. The number of alkyl halides is 6. The zero-order valence-corrected chi connectivity index (χ0v) is 21.4. The molecule has 0 heterocycles. The molecule has 0 aliphatic rings. The maximum absolute atomic E-state index is 14.6. The highest BCUT2D eigenvalue weighted by Gasteiger charge is 2.72. The van der Waals surface area contributed by atoms with E-state index in [1.807, 2.05) is 0 Å². The molecule has 0 saturated carbocycles. The van der Waals surface area contributed by atoms with Crippen LogP contribution in [0.15, 0.2) is 48.6 Å². The van der Waals surface area contributed by atoms with Crippen LogP contribution in [0.2, 0.25) is 0 Å². The van der Waals surface area contributed by atoms with Gasteiger partial charge in [-0.1, -0.05) is 36.4 Å². The number of rotatable bonds is 8. The molecule has 0 saturated heterocycles. The van der Waals surface area contributed by atoms with E-state index in [1.165, 1.54) is 26.0 Å².